The van der Waals surface area contributed by atoms with Crippen molar-refractivity contribution in [1.82, 2.24) is 10.2 Å². The highest BCUT2D eigenvalue weighted by Gasteiger charge is 2.33. The lowest BCUT2D eigenvalue weighted by atomic mass is 10.1. The first-order chi connectivity index (χ1) is 9.61. The Balaban J connectivity index is 1.93. The molecule has 114 valence electrons. The van der Waals surface area contributed by atoms with E-state index in [1.54, 1.807) is 7.11 Å². The van der Waals surface area contributed by atoms with Crippen LogP contribution >= 0.6 is 0 Å². The van der Waals surface area contributed by atoms with Crippen LogP contribution in [0.4, 0.5) is 4.79 Å². The van der Waals surface area contributed by atoms with Gasteiger partial charge in [-0.25, -0.2) is 9.59 Å². The van der Waals surface area contributed by atoms with E-state index in [1.807, 2.05) is 0 Å². The molecule has 2 aliphatic rings. The van der Waals surface area contributed by atoms with Crippen LogP contribution in [0.2, 0.25) is 0 Å². The third-order valence-corrected chi connectivity index (χ3v) is 4.34. The molecule has 0 bridgehead atoms. The van der Waals surface area contributed by atoms with Crippen molar-refractivity contribution in [2.45, 2.75) is 63.1 Å². The summed E-state index contributed by atoms with van der Waals surface area (Å²) in [6.07, 6.45) is 6.16. The van der Waals surface area contributed by atoms with Crippen LogP contribution in [0.25, 0.3) is 0 Å². The molecule has 3 unspecified atom stereocenters. The molecule has 1 saturated carbocycles. The minimum Gasteiger partial charge on any atom is -0.480 e. The van der Waals surface area contributed by atoms with Crippen LogP contribution in [0, 0.1) is 0 Å². The van der Waals surface area contributed by atoms with Gasteiger partial charge in [0.05, 0.1) is 6.10 Å². The Morgan fingerprint density at radius 1 is 1.20 bits per heavy atom. The number of carbonyl (C=O) groups excluding carboxylic acids is 1. The van der Waals surface area contributed by atoms with Crippen LogP contribution < -0.4 is 5.32 Å². The Morgan fingerprint density at radius 3 is 2.65 bits per heavy atom. The number of aliphatic carboxylic acids is 1. The average molecular weight is 284 g/mol. The summed E-state index contributed by atoms with van der Waals surface area (Å²) in [6.45, 7) is 0.531. The number of methoxy groups -OCH3 is 1. The number of ether oxygens (including phenoxy) is 1. The number of carbonyl (C=O) groups is 2. The Labute approximate surface area is 119 Å². The summed E-state index contributed by atoms with van der Waals surface area (Å²) in [7, 11) is 1.68. The van der Waals surface area contributed by atoms with Gasteiger partial charge in [-0.1, -0.05) is 12.8 Å². The third-order valence-electron chi connectivity index (χ3n) is 4.34. The van der Waals surface area contributed by atoms with E-state index in [1.165, 1.54) is 4.90 Å². The summed E-state index contributed by atoms with van der Waals surface area (Å²) in [6, 6.07) is -0.816. The second kappa shape index (κ2) is 6.92. The molecule has 2 rings (SSSR count). The van der Waals surface area contributed by atoms with Crippen molar-refractivity contribution in [2.75, 3.05) is 13.7 Å². The number of carboxylic acids is 1. The quantitative estimate of drug-likeness (QED) is 0.825. The molecular formula is C14H24N2O4. The minimum absolute atomic E-state index is 0.102. The number of carboxylic acid groups (broad SMARTS) is 1. The molecule has 2 fully saturated rings. The molecule has 0 aromatic carbocycles. The fourth-order valence-corrected chi connectivity index (χ4v) is 3.15. The molecule has 6 nitrogen and oxygen atoms in total. The van der Waals surface area contributed by atoms with E-state index < -0.39 is 12.0 Å². The smallest absolute Gasteiger partial charge is 0.326 e. The van der Waals surface area contributed by atoms with E-state index in [0.29, 0.717) is 13.0 Å². The molecule has 0 spiro atoms. The van der Waals surface area contributed by atoms with Crippen LogP contribution in [0.15, 0.2) is 0 Å². The second-order valence-corrected chi connectivity index (χ2v) is 5.71. The molecule has 2 amide bonds. The Morgan fingerprint density at radius 2 is 2.00 bits per heavy atom. The topological polar surface area (TPSA) is 78.9 Å². The molecule has 0 aromatic heterocycles. The number of rotatable bonds is 3. The van der Waals surface area contributed by atoms with Crippen molar-refractivity contribution < 1.29 is 19.4 Å². The first kappa shape index (κ1) is 15.1. The lowest BCUT2D eigenvalue weighted by Gasteiger charge is -2.28. The zero-order chi connectivity index (χ0) is 14.5. The van der Waals surface area contributed by atoms with Crippen LogP contribution in [0.1, 0.15) is 44.9 Å². The van der Waals surface area contributed by atoms with E-state index in [0.717, 1.165) is 38.5 Å². The first-order valence-corrected chi connectivity index (χ1v) is 7.44. The van der Waals surface area contributed by atoms with E-state index in [4.69, 9.17) is 4.74 Å². The maximum Gasteiger partial charge on any atom is 0.326 e. The van der Waals surface area contributed by atoms with Crippen LogP contribution in [-0.4, -0.2) is 53.8 Å². The Kier molecular flexibility index (Phi) is 5.23. The molecule has 3 atom stereocenters. The summed E-state index contributed by atoms with van der Waals surface area (Å²) in [4.78, 5) is 25.1. The Bertz CT molecular complexity index is 361. The number of urea groups is 1. The zero-order valence-electron chi connectivity index (χ0n) is 12.0. The first-order valence-electron chi connectivity index (χ1n) is 7.44. The lowest BCUT2D eigenvalue weighted by molar-refractivity contribution is -0.142. The molecule has 6 heteroatoms. The largest absolute Gasteiger partial charge is 0.480 e. The number of nitrogens with zero attached hydrogens (tertiary/aromatic N) is 1. The van der Waals surface area contributed by atoms with Gasteiger partial charge >= 0.3 is 12.0 Å². The van der Waals surface area contributed by atoms with Gasteiger partial charge in [-0.05, 0) is 32.1 Å². The van der Waals surface area contributed by atoms with Gasteiger partial charge in [0.25, 0.3) is 0 Å². The van der Waals surface area contributed by atoms with Crippen molar-refractivity contribution in [3.63, 3.8) is 0 Å². The molecule has 1 heterocycles. The van der Waals surface area contributed by atoms with Gasteiger partial charge in [-0.3, -0.25) is 0 Å². The standard InChI is InChI=1S/C14H24N2O4/c1-20-11-7-6-10(9-11)15-14(19)16-8-4-2-3-5-12(16)13(17)18/h10-12H,2-9H2,1H3,(H,15,19)(H,17,18). The van der Waals surface area contributed by atoms with Gasteiger partial charge in [-0.2, -0.15) is 0 Å². The van der Waals surface area contributed by atoms with Gasteiger partial charge in [0.2, 0.25) is 0 Å². The fraction of sp³-hybridized carbons (Fsp3) is 0.857. The number of likely N-dealkylation sites (tertiary alicyclic amines) is 1. The van der Waals surface area contributed by atoms with Crippen molar-refractivity contribution in [3.8, 4) is 0 Å². The van der Waals surface area contributed by atoms with Crippen LogP contribution in [-0.2, 0) is 9.53 Å². The summed E-state index contributed by atoms with van der Waals surface area (Å²) < 4.78 is 5.29. The minimum atomic E-state index is -0.900. The van der Waals surface area contributed by atoms with Crippen LogP contribution in [0.3, 0.4) is 0 Å². The van der Waals surface area contributed by atoms with Gasteiger partial charge in [0.15, 0.2) is 0 Å². The number of hydrogen-bond acceptors (Lipinski definition) is 3. The molecule has 1 aliphatic carbocycles. The molecule has 20 heavy (non-hydrogen) atoms. The average Bonchev–Trinajstić information content (AvgIpc) is 2.72. The molecule has 0 aromatic rings. The highest BCUT2D eigenvalue weighted by molar-refractivity contribution is 5.82. The second-order valence-electron chi connectivity index (χ2n) is 5.71. The summed E-state index contributed by atoms with van der Waals surface area (Å²) in [5.74, 6) is -0.900. The monoisotopic (exact) mass is 284 g/mol. The van der Waals surface area contributed by atoms with Crippen LogP contribution in [0.5, 0.6) is 0 Å². The normalized spacial score (nSPS) is 30.9. The van der Waals surface area contributed by atoms with Crippen molar-refractivity contribution in [3.05, 3.63) is 0 Å². The molecule has 1 aliphatic heterocycles. The molecule has 1 saturated heterocycles. The number of hydrogen-bond donors (Lipinski definition) is 2. The van der Waals surface area contributed by atoms with E-state index in [9.17, 15) is 14.7 Å². The summed E-state index contributed by atoms with van der Waals surface area (Å²) >= 11 is 0. The van der Waals surface area contributed by atoms with Gasteiger partial charge < -0.3 is 20.1 Å². The van der Waals surface area contributed by atoms with Gasteiger partial charge in [-0.15, -0.1) is 0 Å². The fourth-order valence-electron chi connectivity index (χ4n) is 3.15. The van der Waals surface area contributed by atoms with Gasteiger partial charge in [0.1, 0.15) is 6.04 Å². The number of amides is 2. The van der Waals surface area contributed by atoms with Gasteiger partial charge in [0, 0.05) is 19.7 Å². The lowest BCUT2D eigenvalue weighted by Crippen LogP contribution is -2.51. The summed E-state index contributed by atoms with van der Waals surface area (Å²) in [5, 5.41) is 12.3. The predicted octanol–water partition coefficient (Wildman–Crippen LogP) is 1.59. The molecule has 0 radical (unpaired) electrons. The third kappa shape index (κ3) is 3.62. The van der Waals surface area contributed by atoms with E-state index >= 15 is 0 Å². The van der Waals surface area contributed by atoms with Crippen molar-refractivity contribution in [2.24, 2.45) is 0 Å². The summed E-state index contributed by atoms with van der Waals surface area (Å²) in [5.41, 5.74) is 0. The SMILES string of the molecule is COC1CCC(NC(=O)N2CCCCCC2C(=O)O)C1. The maximum atomic E-state index is 12.3. The van der Waals surface area contributed by atoms with Crippen molar-refractivity contribution >= 4 is 12.0 Å². The maximum absolute atomic E-state index is 12.3. The van der Waals surface area contributed by atoms with E-state index in [2.05, 4.69) is 5.32 Å². The van der Waals surface area contributed by atoms with Crippen molar-refractivity contribution in [1.29, 1.82) is 0 Å². The Hall–Kier alpha value is -1.30. The highest BCUT2D eigenvalue weighted by atomic mass is 16.5. The number of nitrogens with one attached hydrogen (secondary N) is 1. The highest BCUT2D eigenvalue weighted by Crippen LogP contribution is 2.23. The zero-order valence-corrected chi connectivity index (χ0v) is 12.0. The molecule has 2 N–H and O–H groups in total. The molecular weight excluding hydrogens is 260 g/mol. The predicted molar refractivity (Wildman–Crippen MR) is 73.6 cm³/mol. The van der Waals surface area contributed by atoms with E-state index in [-0.39, 0.29) is 18.2 Å².